The summed E-state index contributed by atoms with van der Waals surface area (Å²) in [5, 5.41) is 0. The molecular formula is C21H27ClN2O. The fraction of sp³-hybridized carbons (Fsp3) is 0.381. The maximum absolute atomic E-state index is 13.0. The van der Waals surface area contributed by atoms with Crippen molar-refractivity contribution in [3.63, 3.8) is 0 Å². The average molecular weight is 359 g/mol. The molecular weight excluding hydrogens is 332 g/mol. The third-order valence-electron chi connectivity index (χ3n) is 4.95. The van der Waals surface area contributed by atoms with E-state index in [0.717, 1.165) is 36.9 Å². The van der Waals surface area contributed by atoms with E-state index < -0.39 is 0 Å². The van der Waals surface area contributed by atoms with Crippen molar-refractivity contribution in [2.45, 2.75) is 44.7 Å². The predicted octanol–water partition coefficient (Wildman–Crippen LogP) is 4.19. The van der Waals surface area contributed by atoms with Crippen LogP contribution in [0.3, 0.4) is 0 Å². The van der Waals surface area contributed by atoms with Crippen LogP contribution in [0.5, 0.6) is 0 Å². The molecule has 0 bridgehead atoms. The third-order valence-corrected chi connectivity index (χ3v) is 4.95. The van der Waals surface area contributed by atoms with Gasteiger partial charge >= 0.3 is 0 Å². The molecule has 25 heavy (non-hydrogen) atoms. The van der Waals surface area contributed by atoms with Crippen LogP contribution >= 0.6 is 12.4 Å². The summed E-state index contributed by atoms with van der Waals surface area (Å²) in [5.41, 5.74) is 8.77. The van der Waals surface area contributed by atoms with Crippen molar-refractivity contribution in [3.05, 3.63) is 71.3 Å². The van der Waals surface area contributed by atoms with E-state index in [1.54, 1.807) is 0 Å². The van der Waals surface area contributed by atoms with E-state index in [4.69, 9.17) is 5.73 Å². The van der Waals surface area contributed by atoms with Gasteiger partial charge in [-0.25, -0.2) is 0 Å². The van der Waals surface area contributed by atoms with Crippen molar-refractivity contribution < 1.29 is 4.79 Å². The maximum atomic E-state index is 13.0. The molecule has 0 aliphatic heterocycles. The lowest BCUT2D eigenvalue weighted by molar-refractivity contribution is 0.0684. The van der Waals surface area contributed by atoms with Gasteiger partial charge in [0.1, 0.15) is 0 Å². The Labute approximate surface area is 156 Å². The number of nitrogens with zero attached hydrogens (tertiary/aromatic N) is 1. The Bertz CT molecular complexity index is 651. The number of hydrogen-bond donors (Lipinski definition) is 1. The van der Waals surface area contributed by atoms with Crippen LogP contribution in [0.25, 0.3) is 0 Å². The Hall–Kier alpha value is -1.84. The number of hydrogen-bond acceptors (Lipinski definition) is 2. The minimum Gasteiger partial charge on any atom is -0.335 e. The van der Waals surface area contributed by atoms with Crippen molar-refractivity contribution in [1.82, 2.24) is 4.90 Å². The van der Waals surface area contributed by atoms with Gasteiger partial charge in [0.15, 0.2) is 0 Å². The normalized spacial score (nSPS) is 14.1. The average Bonchev–Trinajstić information content (AvgIpc) is 3.17. The smallest absolute Gasteiger partial charge is 0.254 e. The van der Waals surface area contributed by atoms with Crippen molar-refractivity contribution in [3.8, 4) is 0 Å². The van der Waals surface area contributed by atoms with Gasteiger partial charge in [0.05, 0.1) is 0 Å². The Morgan fingerprint density at radius 1 is 0.960 bits per heavy atom. The fourth-order valence-electron chi connectivity index (χ4n) is 3.51. The summed E-state index contributed by atoms with van der Waals surface area (Å²) in [5.74, 6) is 0.154. The van der Waals surface area contributed by atoms with E-state index in [9.17, 15) is 4.79 Å². The number of carbonyl (C=O) groups is 1. The molecule has 0 radical (unpaired) electrons. The predicted molar refractivity (Wildman–Crippen MR) is 105 cm³/mol. The Morgan fingerprint density at radius 2 is 1.60 bits per heavy atom. The second-order valence-electron chi connectivity index (χ2n) is 6.57. The summed E-state index contributed by atoms with van der Waals surface area (Å²) in [6.45, 7) is 1.29. The second kappa shape index (κ2) is 9.59. The molecule has 0 saturated heterocycles. The Balaban J connectivity index is 0.00000225. The maximum Gasteiger partial charge on any atom is 0.254 e. The Kier molecular flexibility index (Phi) is 7.48. The van der Waals surface area contributed by atoms with Crippen LogP contribution in [0.2, 0.25) is 0 Å². The molecule has 3 nitrogen and oxygen atoms in total. The second-order valence-corrected chi connectivity index (χ2v) is 6.57. The highest BCUT2D eigenvalue weighted by atomic mass is 35.5. The van der Waals surface area contributed by atoms with Gasteiger partial charge in [0, 0.05) is 24.7 Å². The van der Waals surface area contributed by atoms with Gasteiger partial charge in [-0.15, -0.1) is 12.4 Å². The molecule has 4 heteroatoms. The molecule has 0 unspecified atom stereocenters. The van der Waals surface area contributed by atoms with Crippen molar-refractivity contribution in [2.24, 2.45) is 5.73 Å². The molecule has 1 aliphatic carbocycles. The van der Waals surface area contributed by atoms with E-state index in [-0.39, 0.29) is 18.3 Å². The van der Waals surface area contributed by atoms with Gasteiger partial charge < -0.3 is 10.6 Å². The van der Waals surface area contributed by atoms with Crippen LogP contribution in [0, 0.1) is 0 Å². The molecule has 3 rings (SSSR count). The molecule has 0 aromatic heterocycles. The standard InChI is InChI=1S/C21H26N2O.ClH/c22-16-18-10-12-19(13-11-18)21(24)23(20-8-4-5-9-20)15-14-17-6-2-1-3-7-17;/h1-3,6-7,10-13,20H,4-5,8-9,14-16,22H2;1H. The van der Waals surface area contributed by atoms with E-state index in [2.05, 4.69) is 29.2 Å². The highest BCUT2D eigenvalue weighted by Gasteiger charge is 2.27. The van der Waals surface area contributed by atoms with Gasteiger partial charge in [0.2, 0.25) is 0 Å². The zero-order chi connectivity index (χ0) is 16.8. The molecule has 134 valence electrons. The molecule has 1 fully saturated rings. The largest absolute Gasteiger partial charge is 0.335 e. The summed E-state index contributed by atoms with van der Waals surface area (Å²) in [6.07, 6.45) is 5.62. The molecule has 1 saturated carbocycles. The monoisotopic (exact) mass is 358 g/mol. The number of halogens is 1. The first-order valence-electron chi connectivity index (χ1n) is 8.92. The number of rotatable bonds is 6. The summed E-state index contributed by atoms with van der Waals surface area (Å²) >= 11 is 0. The van der Waals surface area contributed by atoms with Crippen LogP contribution in [0.4, 0.5) is 0 Å². The highest BCUT2D eigenvalue weighted by molar-refractivity contribution is 5.94. The van der Waals surface area contributed by atoms with Gasteiger partial charge in [0.25, 0.3) is 5.91 Å². The first kappa shape index (κ1) is 19.5. The van der Waals surface area contributed by atoms with E-state index in [0.29, 0.717) is 12.6 Å². The minimum atomic E-state index is 0. The van der Waals surface area contributed by atoms with Crippen LogP contribution in [-0.2, 0) is 13.0 Å². The van der Waals surface area contributed by atoms with Crippen molar-refractivity contribution >= 4 is 18.3 Å². The highest BCUT2D eigenvalue weighted by Crippen LogP contribution is 2.25. The summed E-state index contributed by atoms with van der Waals surface area (Å²) in [6, 6.07) is 18.5. The summed E-state index contributed by atoms with van der Waals surface area (Å²) < 4.78 is 0. The fourth-order valence-corrected chi connectivity index (χ4v) is 3.51. The number of nitrogens with two attached hydrogens (primary N) is 1. The Morgan fingerprint density at radius 3 is 2.20 bits per heavy atom. The van der Waals surface area contributed by atoms with Crippen molar-refractivity contribution in [2.75, 3.05) is 6.54 Å². The molecule has 1 aliphatic rings. The molecule has 2 aromatic rings. The molecule has 0 atom stereocenters. The summed E-state index contributed by atoms with van der Waals surface area (Å²) in [4.78, 5) is 15.1. The minimum absolute atomic E-state index is 0. The van der Waals surface area contributed by atoms with E-state index in [1.165, 1.54) is 18.4 Å². The zero-order valence-corrected chi connectivity index (χ0v) is 15.4. The third kappa shape index (κ3) is 5.07. The van der Waals surface area contributed by atoms with E-state index in [1.807, 2.05) is 30.3 Å². The van der Waals surface area contributed by atoms with Gasteiger partial charge in [-0.05, 0) is 42.5 Å². The lowest BCUT2D eigenvalue weighted by Crippen LogP contribution is -2.40. The molecule has 2 aromatic carbocycles. The number of amides is 1. The van der Waals surface area contributed by atoms with Crippen LogP contribution in [-0.4, -0.2) is 23.4 Å². The van der Waals surface area contributed by atoms with E-state index >= 15 is 0 Å². The van der Waals surface area contributed by atoms with Gasteiger partial charge in [-0.3, -0.25) is 4.79 Å². The van der Waals surface area contributed by atoms with Crippen LogP contribution < -0.4 is 5.73 Å². The van der Waals surface area contributed by atoms with Crippen molar-refractivity contribution in [1.29, 1.82) is 0 Å². The zero-order valence-electron chi connectivity index (χ0n) is 14.6. The molecule has 2 N–H and O–H groups in total. The first-order valence-corrected chi connectivity index (χ1v) is 8.92. The number of benzene rings is 2. The molecule has 0 heterocycles. The molecule has 1 amide bonds. The lowest BCUT2D eigenvalue weighted by atomic mass is 10.1. The topological polar surface area (TPSA) is 46.3 Å². The van der Waals surface area contributed by atoms with Crippen LogP contribution in [0.15, 0.2) is 54.6 Å². The van der Waals surface area contributed by atoms with Gasteiger partial charge in [-0.1, -0.05) is 55.3 Å². The summed E-state index contributed by atoms with van der Waals surface area (Å²) in [7, 11) is 0. The van der Waals surface area contributed by atoms with Crippen LogP contribution in [0.1, 0.15) is 47.2 Å². The molecule has 0 spiro atoms. The SMILES string of the molecule is Cl.NCc1ccc(C(=O)N(CCc2ccccc2)C2CCCC2)cc1. The van der Waals surface area contributed by atoms with Gasteiger partial charge in [-0.2, -0.15) is 0 Å². The quantitative estimate of drug-likeness (QED) is 0.841. The first-order chi connectivity index (χ1) is 11.8. The number of carbonyl (C=O) groups excluding carboxylic acids is 1. The lowest BCUT2D eigenvalue weighted by Gasteiger charge is -2.29.